The van der Waals surface area contributed by atoms with Crippen LogP contribution >= 0.6 is 0 Å². The lowest BCUT2D eigenvalue weighted by Crippen LogP contribution is -2.44. The van der Waals surface area contributed by atoms with Gasteiger partial charge in [-0.25, -0.2) is 0 Å². The van der Waals surface area contributed by atoms with E-state index in [4.69, 9.17) is 9.47 Å². The number of aromatic hydroxyl groups is 3. The third-order valence-electron chi connectivity index (χ3n) is 10.4. The van der Waals surface area contributed by atoms with Crippen molar-refractivity contribution in [3.63, 3.8) is 0 Å². The van der Waals surface area contributed by atoms with E-state index in [1.807, 2.05) is 18.2 Å². The standard InChI is InChI=1S/C35H44NO7/c1-19-4-3-5-23(12-19)25-14-21(7-9-28(25)38)22-6-8-24-29(39)16-31(43-30(24)15-22)32-26(13-20-10-11-36-17-20)35(42-2)34(41)33(40)27(32)18-37/h7,9-11,14,17,19,22-24,29-31,37-41H,3-6,8,12-13,15-16,18H2,1-2H3/q-1. The van der Waals surface area contributed by atoms with Crippen molar-refractivity contribution in [3.05, 3.63) is 70.0 Å². The van der Waals surface area contributed by atoms with E-state index < -0.39 is 30.3 Å². The van der Waals surface area contributed by atoms with Crippen molar-refractivity contribution in [2.75, 3.05) is 7.11 Å². The summed E-state index contributed by atoms with van der Waals surface area (Å²) in [5.41, 5.74) is 4.47. The molecule has 6 rings (SSSR count). The molecular formula is C35H44NO7-. The molecule has 8 nitrogen and oxygen atoms in total. The first-order chi connectivity index (χ1) is 20.8. The number of nitrogens with zero attached hydrogens (tertiary/aromatic N) is 1. The number of hydrogen-bond acceptors (Lipinski definition) is 7. The quantitative estimate of drug-likeness (QED) is 0.214. The molecule has 0 amide bonds. The molecule has 3 aliphatic rings. The second-order valence-electron chi connectivity index (χ2n) is 13.0. The zero-order chi connectivity index (χ0) is 30.2. The highest BCUT2D eigenvalue weighted by atomic mass is 16.5. The lowest BCUT2D eigenvalue weighted by Gasteiger charge is -2.46. The summed E-state index contributed by atoms with van der Waals surface area (Å²) in [5.74, 6) is 0.892. The van der Waals surface area contributed by atoms with Gasteiger partial charge in [-0.05, 0) is 79.0 Å². The van der Waals surface area contributed by atoms with Crippen molar-refractivity contribution < 1.29 is 35.0 Å². The Bertz CT molecular complexity index is 1420. The minimum atomic E-state index is -0.620. The molecule has 0 radical (unpaired) electrons. The normalized spacial score (nSPS) is 29.3. The summed E-state index contributed by atoms with van der Waals surface area (Å²) in [6.07, 6.45) is 9.72. The van der Waals surface area contributed by atoms with Crippen LogP contribution in [-0.2, 0) is 17.8 Å². The number of fused-ring (bicyclic) bond motifs is 1. The van der Waals surface area contributed by atoms with Crippen LogP contribution in [0.1, 0.15) is 110 Å². The van der Waals surface area contributed by atoms with Gasteiger partial charge in [0.1, 0.15) is 5.75 Å². The van der Waals surface area contributed by atoms with Crippen molar-refractivity contribution in [1.82, 2.24) is 4.98 Å². The predicted octanol–water partition coefficient (Wildman–Crippen LogP) is 5.92. The number of ether oxygens (including phenoxy) is 2. The van der Waals surface area contributed by atoms with Gasteiger partial charge in [-0.1, -0.05) is 43.5 Å². The van der Waals surface area contributed by atoms with Crippen molar-refractivity contribution in [3.8, 4) is 23.0 Å². The maximum Gasteiger partial charge on any atom is 0.201 e. The molecule has 2 heterocycles. The monoisotopic (exact) mass is 590 g/mol. The van der Waals surface area contributed by atoms with Crippen LogP contribution in [0.25, 0.3) is 0 Å². The van der Waals surface area contributed by atoms with E-state index in [0.29, 0.717) is 41.6 Å². The number of methoxy groups -OCH3 is 1. The van der Waals surface area contributed by atoms with Crippen molar-refractivity contribution >= 4 is 0 Å². The second kappa shape index (κ2) is 12.4. The summed E-state index contributed by atoms with van der Waals surface area (Å²) in [5, 5.41) is 54.2. The number of phenols is 3. The molecule has 3 fully saturated rings. The van der Waals surface area contributed by atoms with E-state index in [1.165, 1.54) is 25.5 Å². The molecule has 7 atom stereocenters. The third-order valence-corrected chi connectivity index (χ3v) is 10.4. The molecule has 2 aromatic carbocycles. The van der Waals surface area contributed by atoms with E-state index in [0.717, 1.165) is 43.2 Å². The van der Waals surface area contributed by atoms with Crippen molar-refractivity contribution in [2.45, 2.75) is 101 Å². The molecular weight excluding hydrogens is 546 g/mol. The van der Waals surface area contributed by atoms with Crippen LogP contribution in [0.5, 0.6) is 23.0 Å². The number of aromatic nitrogens is 1. The summed E-state index contributed by atoms with van der Waals surface area (Å²) < 4.78 is 12.4. The predicted molar refractivity (Wildman–Crippen MR) is 162 cm³/mol. The number of benzene rings is 2. The van der Waals surface area contributed by atoms with E-state index in [-0.39, 0.29) is 29.3 Å². The first-order valence-corrected chi connectivity index (χ1v) is 15.7. The van der Waals surface area contributed by atoms with E-state index in [2.05, 4.69) is 18.0 Å². The molecule has 2 aliphatic carbocycles. The van der Waals surface area contributed by atoms with Gasteiger partial charge in [-0.2, -0.15) is 12.4 Å². The largest absolute Gasteiger partial charge is 0.670 e. The van der Waals surface area contributed by atoms with E-state index >= 15 is 0 Å². The van der Waals surface area contributed by atoms with Crippen LogP contribution in [-0.4, -0.2) is 44.9 Å². The Kier molecular flexibility index (Phi) is 8.63. The van der Waals surface area contributed by atoms with Gasteiger partial charge in [-0.3, -0.25) is 0 Å². The Morgan fingerprint density at radius 2 is 1.79 bits per heavy atom. The van der Waals surface area contributed by atoms with Gasteiger partial charge in [0.15, 0.2) is 11.5 Å². The Morgan fingerprint density at radius 3 is 2.51 bits per heavy atom. The Hall–Kier alpha value is -3.20. The molecule has 2 saturated carbocycles. The lowest BCUT2D eigenvalue weighted by atomic mass is 9.71. The first-order valence-electron chi connectivity index (χ1n) is 15.7. The Balaban J connectivity index is 1.31. The zero-order valence-electron chi connectivity index (χ0n) is 25.1. The van der Waals surface area contributed by atoms with Crippen LogP contribution in [0.15, 0.2) is 36.7 Å². The Morgan fingerprint density at radius 1 is 0.953 bits per heavy atom. The fourth-order valence-corrected chi connectivity index (χ4v) is 8.17. The minimum Gasteiger partial charge on any atom is -0.670 e. The minimum absolute atomic E-state index is 0.0174. The number of aliphatic hydroxyl groups is 2. The molecule has 232 valence electrons. The average Bonchev–Trinajstić information content (AvgIpc) is 3.52. The third kappa shape index (κ3) is 5.73. The van der Waals surface area contributed by atoms with Gasteiger partial charge in [0.25, 0.3) is 0 Å². The highest BCUT2D eigenvalue weighted by Crippen LogP contribution is 2.52. The van der Waals surface area contributed by atoms with Crippen LogP contribution in [0.3, 0.4) is 0 Å². The van der Waals surface area contributed by atoms with E-state index in [1.54, 1.807) is 12.4 Å². The van der Waals surface area contributed by atoms with Gasteiger partial charge in [0, 0.05) is 23.5 Å². The van der Waals surface area contributed by atoms with Gasteiger partial charge in [0.05, 0.1) is 32.0 Å². The van der Waals surface area contributed by atoms with Crippen molar-refractivity contribution in [2.24, 2.45) is 11.8 Å². The Labute approximate surface area is 253 Å². The van der Waals surface area contributed by atoms with Gasteiger partial charge >= 0.3 is 0 Å². The number of rotatable bonds is 7. The lowest BCUT2D eigenvalue weighted by molar-refractivity contribution is -0.154. The summed E-state index contributed by atoms with van der Waals surface area (Å²) in [6.45, 7) is 1.79. The number of aliphatic hydroxyl groups excluding tert-OH is 2. The first kappa shape index (κ1) is 29.9. The molecule has 5 N–H and O–H groups in total. The number of hydrogen-bond donors (Lipinski definition) is 5. The molecule has 1 saturated heterocycles. The summed E-state index contributed by atoms with van der Waals surface area (Å²) in [4.78, 5) is 4.16. The van der Waals surface area contributed by atoms with Crippen LogP contribution in [0, 0.1) is 11.8 Å². The average molecular weight is 591 g/mol. The maximum absolute atomic E-state index is 11.4. The van der Waals surface area contributed by atoms with Crippen molar-refractivity contribution in [1.29, 1.82) is 0 Å². The molecule has 1 aliphatic heterocycles. The topological polar surface area (TPSA) is 134 Å². The second-order valence-corrected chi connectivity index (χ2v) is 13.0. The van der Waals surface area contributed by atoms with E-state index in [9.17, 15) is 25.5 Å². The maximum atomic E-state index is 11.4. The molecule has 0 spiro atoms. The molecule has 7 unspecified atom stereocenters. The molecule has 3 aromatic rings. The van der Waals surface area contributed by atoms with Gasteiger partial charge < -0.3 is 40.0 Å². The molecule has 1 aromatic heterocycles. The van der Waals surface area contributed by atoms with Crippen LogP contribution in [0.2, 0.25) is 0 Å². The summed E-state index contributed by atoms with van der Waals surface area (Å²) in [6, 6.07) is 7.95. The summed E-state index contributed by atoms with van der Waals surface area (Å²) in [7, 11) is 1.43. The highest BCUT2D eigenvalue weighted by molar-refractivity contribution is 5.64. The molecule has 8 heteroatoms. The van der Waals surface area contributed by atoms with Crippen LogP contribution < -0.4 is 9.72 Å². The SMILES string of the molecule is COc1c(O)c(O)c(CO)c(C2CC(O)C3CCC(c4ccc(O)c(C5CCCC(C)C5)c4)CC3O2)c1Cc1cc[n-]c1. The van der Waals surface area contributed by atoms with Gasteiger partial charge in [-0.15, -0.1) is 0 Å². The zero-order valence-corrected chi connectivity index (χ0v) is 25.1. The van der Waals surface area contributed by atoms with Gasteiger partial charge in [0.2, 0.25) is 5.75 Å². The van der Waals surface area contributed by atoms with Crippen LogP contribution in [0.4, 0.5) is 0 Å². The highest BCUT2D eigenvalue weighted by Gasteiger charge is 2.44. The smallest absolute Gasteiger partial charge is 0.201 e. The fraction of sp³-hybridized carbons (Fsp3) is 0.543. The number of phenolic OH excluding ortho intramolecular Hbond substituents is 2. The fourth-order valence-electron chi connectivity index (χ4n) is 8.17. The molecule has 43 heavy (non-hydrogen) atoms. The summed E-state index contributed by atoms with van der Waals surface area (Å²) >= 11 is 0. The molecule has 0 bridgehead atoms.